The number of nitrogens with zero attached hydrogens (tertiary/aromatic N) is 4. The van der Waals surface area contributed by atoms with Gasteiger partial charge in [-0.2, -0.15) is 0 Å². The first-order valence-electron chi connectivity index (χ1n) is 6.69. The molecule has 21 heavy (non-hydrogen) atoms. The lowest BCUT2D eigenvalue weighted by Crippen LogP contribution is -2.44. The number of hydrogen-bond acceptors (Lipinski definition) is 3. The van der Waals surface area contributed by atoms with Gasteiger partial charge >= 0.3 is 5.69 Å². The van der Waals surface area contributed by atoms with Gasteiger partial charge in [0, 0.05) is 45.1 Å². The number of hydrogen-bond donors (Lipinski definition) is 0. The number of aromatic nitrogens is 3. The Hall–Kier alpha value is -2.57. The van der Waals surface area contributed by atoms with Gasteiger partial charge in [-0.3, -0.25) is 18.7 Å². The second-order valence-corrected chi connectivity index (χ2v) is 5.19. The van der Waals surface area contributed by atoms with Crippen LogP contribution in [0.2, 0.25) is 0 Å². The van der Waals surface area contributed by atoms with Crippen LogP contribution in [0.25, 0.3) is 0 Å². The fraction of sp³-hybridized carbons (Fsp3) is 0.357. The Labute approximate surface area is 120 Å². The maximum absolute atomic E-state index is 12.6. The lowest BCUT2D eigenvalue weighted by Gasteiger charge is -2.29. The molecule has 0 aliphatic carbocycles. The summed E-state index contributed by atoms with van der Waals surface area (Å²) in [5, 5.41) is 0. The van der Waals surface area contributed by atoms with Crippen LogP contribution < -0.4 is 11.2 Å². The van der Waals surface area contributed by atoms with Gasteiger partial charge in [-0.05, 0) is 12.1 Å². The van der Waals surface area contributed by atoms with Crippen LogP contribution in [0.3, 0.4) is 0 Å². The molecule has 0 saturated heterocycles. The van der Waals surface area contributed by atoms with Gasteiger partial charge < -0.3 is 9.47 Å². The zero-order valence-electron chi connectivity index (χ0n) is 11.9. The standard InChI is InChI=1S/C14H16N4O3/c1-15-11(8-12(19)16(2)14(15)21)13(20)18-7-6-17-5-3-4-10(17)9-18/h3-5,8H,6-7,9H2,1-2H3. The van der Waals surface area contributed by atoms with Crippen molar-refractivity contribution in [2.24, 2.45) is 14.1 Å². The van der Waals surface area contributed by atoms with Crippen molar-refractivity contribution in [2.45, 2.75) is 13.1 Å². The van der Waals surface area contributed by atoms with Crippen LogP contribution in [-0.4, -0.2) is 31.1 Å². The van der Waals surface area contributed by atoms with E-state index in [0.717, 1.165) is 10.3 Å². The highest BCUT2D eigenvalue weighted by Gasteiger charge is 2.24. The first kappa shape index (κ1) is 13.4. The fourth-order valence-electron chi connectivity index (χ4n) is 2.59. The van der Waals surface area contributed by atoms with Gasteiger partial charge in [0.1, 0.15) is 5.69 Å². The third-order valence-corrected chi connectivity index (χ3v) is 3.92. The van der Waals surface area contributed by atoms with E-state index in [4.69, 9.17) is 0 Å². The van der Waals surface area contributed by atoms with E-state index in [0.29, 0.717) is 19.6 Å². The summed E-state index contributed by atoms with van der Waals surface area (Å²) in [6, 6.07) is 5.12. The summed E-state index contributed by atoms with van der Waals surface area (Å²) in [5.74, 6) is -0.292. The molecule has 0 N–H and O–H groups in total. The lowest BCUT2D eigenvalue weighted by molar-refractivity contribution is 0.0699. The van der Waals surface area contributed by atoms with E-state index < -0.39 is 11.2 Å². The summed E-state index contributed by atoms with van der Waals surface area (Å²) in [4.78, 5) is 37.9. The van der Waals surface area contributed by atoms with E-state index in [1.807, 2.05) is 18.3 Å². The fourth-order valence-corrected chi connectivity index (χ4v) is 2.59. The first-order chi connectivity index (χ1) is 9.99. The third kappa shape index (κ3) is 2.10. The van der Waals surface area contributed by atoms with Gasteiger partial charge in [-0.1, -0.05) is 0 Å². The van der Waals surface area contributed by atoms with Crippen LogP contribution >= 0.6 is 0 Å². The number of rotatable bonds is 1. The van der Waals surface area contributed by atoms with E-state index in [-0.39, 0.29) is 11.6 Å². The smallest absolute Gasteiger partial charge is 0.331 e. The van der Waals surface area contributed by atoms with Gasteiger partial charge in [0.2, 0.25) is 0 Å². The normalized spacial score (nSPS) is 14.1. The van der Waals surface area contributed by atoms with E-state index in [9.17, 15) is 14.4 Å². The predicted molar refractivity (Wildman–Crippen MR) is 76.1 cm³/mol. The molecule has 0 radical (unpaired) electrons. The Balaban J connectivity index is 1.97. The molecule has 2 aromatic heterocycles. The minimum atomic E-state index is -0.494. The predicted octanol–water partition coefficient (Wildman–Crippen LogP) is -0.459. The number of carbonyl (C=O) groups excluding carboxylic acids is 1. The summed E-state index contributed by atoms with van der Waals surface area (Å²) in [6.07, 6.45) is 1.98. The number of carbonyl (C=O) groups is 1. The van der Waals surface area contributed by atoms with Crippen LogP contribution in [0.1, 0.15) is 16.2 Å². The van der Waals surface area contributed by atoms with Gasteiger partial charge in [-0.25, -0.2) is 4.79 Å². The van der Waals surface area contributed by atoms with Crippen molar-refractivity contribution >= 4 is 5.91 Å². The summed E-state index contributed by atoms with van der Waals surface area (Å²) in [7, 11) is 2.90. The van der Waals surface area contributed by atoms with Crippen LogP contribution in [-0.2, 0) is 27.2 Å². The van der Waals surface area contributed by atoms with Crippen LogP contribution in [0.5, 0.6) is 0 Å². The molecule has 0 atom stereocenters. The number of fused-ring (bicyclic) bond motifs is 1. The number of amides is 1. The topological polar surface area (TPSA) is 69.2 Å². The van der Waals surface area contributed by atoms with Crippen LogP contribution in [0, 0.1) is 0 Å². The second-order valence-electron chi connectivity index (χ2n) is 5.19. The molecule has 3 heterocycles. The molecule has 0 aromatic carbocycles. The molecular weight excluding hydrogens is 272 g/mol. The monoisotopic (exact) mass is 288 g/mol. The average Bonchev–Trinajstić information content (AvgIpc) is 2.95. The Kier molecular flexibility index (Phi) is 3.04. The Morgan fingerprint density at radius 1 is 1.14 bits per heavy atom. The largest absolute Gasteiger partial charge is 0.348 e. The van der Waals surface area contributed by atoms with E-state index in [1.165, 1.54) is 24.7 Å². The lowest BCUT2D eigenvalue weighted by atomic mass is 10.2. The summed E-state index contributed by atoms with van der Waals surface area (Å²) in [5.41, 5.74) is 0.208. The molecule has 110 valence electrons. The van der Waals surface area contributed by atoms with Gasteiger partial charge in [0.15, 0.2) is 0 Å². The van der Waals surface area contributed by atoms with Crippen molar-refractivity contribution < 1.29 is 4.79 Å². The molecule has 0 fully saturated rings. The molecule has 3 rings (SSSR count). The molecule has 2 aromatic rings. The molecule has 0 saturated carbocycles. The van der Waals surface area contributed by atoms with Gasteiger partial charge in [0.25, 0.3) is 11.5 Å². The zero-order chi connectivity index (χ0) is 15.1. The molecule has 7 heteroatoms. The maximum atomic E-state index is 12.6. The van der Waals surface area contributed by atoms with E-state index in [1.54, 1.807) is 4.90 Å². The summed E-state index contributed by atoms with van der Waals surface area (Å²) < 4.78 is 4.29. The second kappa shape index (κ2) is 4.76. The molecule has 0 spiro atoms. The SMILES string of the molecule is Cn1c(C(=O)N2CCn3cccc3C2)cc(=O)n(C)c1=O. The van der Waals surface area contributed by atoms with Gasteiger partial charge in [-0.15, -0.1) is 0 Å². The van der Waals surface area contributed by atoms with E-state index in [2.05, 4.69) is 4.57 Å². The maximum Gasteiger partial charge on any atom is 0.331 e. The Morgan fingerprint density at radius 2 is 1.90 bits per heavy atom. The van der Waals surface area contributed by atoms with Crippen molar-refractivity contribution in [3.05, 3.63) is 56.6 Å². The van der Waals surface area contributed by atoms with Crippen molar-refractivity contribution in [1.82, 2.24) is 18.6 Å². The summed E-state index contributed by atoms with van der Waals surface area (Å²) in [6.45, 7) is 1.76. The first-order valence-corrected chi connectivity index (χ1v) is 6.69. The Bertz CT molecular complexity index is 827. The molecular formula is C14H16N4O3. The highest BCUT2D eigenvalue weighted by molar-refractivity contribution is 5.92. The van der Waals surface area contributed by atoms with Crippen molar-refractivity contribution in [3.63, 3.8) is 0 Å². The molecule has 1 aliphatic heterocycles. The van der Waals surface area contributed by atoms with Crippen LogP contribution in [0.15, 0.2) is 34.0 Å². The molecule has 0 unspecified atom stereocenters. The van der Waals surface area contributed by atoms with Crippen molar-refractivity contribution in [1.29, 1.82) is 0 Å². The van der Waals surface area contributed by atoms with Crippen molar-refractivity contribution in [3.8, 4) is 0 Å². The van der Waals surface area contributed by atoms with Crippen molar-refractivity contribution in [2.75, 3.05) is 6.54 Å². The molecule has 0 bridgehead atoms. The highest BCUT2D eigenvalue weighted by Crippen LogP contribution is 2.14. The Morgan fingerprint density at radius 3 is 2.67 bits per heavy atom. The third-order valence-electron chi connectivity index (χ3n) is 3.92. The van der Waals surface area contributed by atoms with E-state index >= 15 is 0 Å². The summed E-state index contributed by atoms with van der Waals surface area (Å²) >= 11 is 0. The highest BCUT2D eigenvalue weighted by atomic mass is 16.2. The van der Waals surface area contributed by atoms with Crippen LogP contribution in [0.4, 0.5) is 0 Å². The zero-order valence-corrected chi connectivity index (χ0v) is 11.9. The minimum Gasteiger partial charge on any atom is -0.348 e. The molecule has 7 nitrogen and oxygen atoms in total. The molecule has 1 aliphatic rings. The minimum absolute atomic E-state index is 0.128. The van der Waals surface area contributed by atoms with Gasteiger partial charge in [0.05, 0.1) is 6.54 Å². The quantitative estimate of drug-likeness (QED) is 0.713. The molecule has 1 amide bonds. The average molecular weight is 288 g/mol.